The lowest BCUT2D eigenvalue weighted by molar-refractivity contribution is -0.132. The van der Waals surface area contributed by atoms with Gasteiger partial charge in [0.05, 0.1) is 6.26 Å². The monoisotopic (exact) mass is 459 g/mol. The molecule has 0 N–H and O–H groups in total. The van der Waals surface area contributed by atoms with Crippen LogP contribution >= 0.6 is 0 Å². The van der Waals surface area contributed by atoms with Crippen molar-refractivity contribution < 1.29 is 13.6 Å². The Labute approximate surface area is 198 Å². The van der Waals surface area contributed by atoms with Gasteiger partial charge in [-0.05, 0) is 49.6 Å². The van der Waals surface area contributed by atoms with Crippen molar-refractivity contribution in [3.8, 4) is 0 Å². The number of pyridine rings is 1. The fraction of sp³-hybridized carbons (Fsp3) is 0.370. The van der Waals surface area contributed by atoms with Crippen LogP contribution in [0.4, 0.5) is 0 Å². The van der Waals surface area contributed by atoms with E-state index < -0.39 is 0 Å². The van der Waals surface area contributed by atoms with Crippen LogP contribution in [-0.2, 0) is 17.6 Å². The van der Waals surface area contributed by atoms with E-state index in [-0.39, 0.29) is 11.5 Å². The maximum atomic E-state index is 12.9. The van der Waals surface area contributed by atoms with Gasteiger partial charge < -0.3 is 13.7 Å². The number of rotatable bonds is 6. The average Bonchev–Trinajstić information content (AvgIpc) is 3.22. The van der Waals surface area contributed by atoms with Gasteiger partial charge in [0, 0.05) is 79.9 Å². The minimum atomic E-state index is -0.375. The summed E-state index contributed by atoms with van der Waals surface area (Å²) in [5.41, 5.74) is 4.43. The number of benzene rings is 1. The van der Waals surface area contributed by atoms with Crippen molar-refractivity contribution in [1.82, 2.24) is 14.8 Å². The van der Waals surface area contributed by atoms with Gasteiger partial charge in [0.25, 0.3) is 0 Å². The number of hydrogen-bond acceptors (Lipinski definition) is 6. The zero-order valence-corrected chi connectivity index (χ0v) is 19.7. The van der Waals surface area contributed by atoms with Crippen LogP contribution in [0.2, 0.25) is 0 Å². The van der Waals surface area contributed by atoms with E-state index in [9.17, 15) is 9.59 Å². The van der Waals surface area contributed by atoms with E-state index in [1.807, 2.05) is 49.2 Å². The number of carbonyl (C=O) groups is 1. The molecule has 4 heterocycles. The lowest BCUT2D eigenvalue weighted by Crippen LogP contribution is -2.49. The molecule has 1 fully saturated rings. The molecular formula is C27H29N3O4. The van der Waals surface area contributed by atoms with Gasteiger partial charge in [-0.25, -0.2) is 4.79 Å². The first-order valence-electron chi connectivity index (χ1n) is 11.8. The Morgan fingerprint density at radius 2 is 1.85 bits per heavy atom. The summed E-state index contributed by atoms with van der Waals surface area (Å²) < 4.78 is 11.1. The number of hydrogen-bond donors (Lipinski definition) is 0. The highest BCUT2D eigenvalue weighted by Crippen LogP contribution is 2.29. The Bertz CT molecular complexity index is 1380. The molecule has 7 heteroatoms. The number of aromatic nitrogens is 1. The van der Waals surface area contributed by atoms with Crippen molar-refractivity contribution in [2.75, 3.05) is 32.7 Å². The van der Waals surface area contributed by atoms with Gasteiger partial charge in [-0.3, -0.25) is 14.7 Å². The molecule has 4 aromatic rings. The van der Waals surface area contributed by atoms with Gasteiger partial charge in [-0.1, -0.05) is 6.07 Å². The van der Waals surface area contributed by atoms with Crippen LogP contribution < -0.4 is 5.63 Å². The number of fused-ring (bicyclic) bond motifs is 2. The molecule has 1 aromatic carbocycles. The molecule has 5 rings (SSSR count). The highest BCUT2D eigenvalue weighted by molar-refractivity contribution is 5.96. The molecule has 1 aliphatic heterocycles. The summed E-state index contributed by atoms with van der Waals surface area (Å²) in [4.78, 5) is 34.2. The molecule has 0 saturated carbocycles. The first-order chi connectivity index (χ1) is 16.5. The van der Waals surface area contributed by atoms with Crippen LogP contribution in [-0.4, -0.2) is 53.4 Å². The summed E-state index contributed by atoms with van der Waals surface area (Å²) >= 11 is 0. The van der Waals surface area contributed by atoms with Crippen molar-refractivity contribution in [2.24, 2.45) is 0 Å². The molecule has 3 aromatic heterocycles. The van der Waals surface area contributed by atoms with Gasteiger partial charge in [-0.15, -0.1) is 0 Å². The second kappa shape index (κ2) is 9.43. The third kappa shape index (κ3) is 4.48. The standard InChI is InChI=1S/C27H29N3O4/c1-18-17-33-24-16-25-23(15-22(18)24)19(2)21(27(32)34-25)6-7-26(31)30-13-11-29(12-14-30)10-8-20-5-3-4-9-28-20/h3-5,9,15-17H,6-8,10-14H2,1-2H3. The van der Waals surface area contributed by atoms with Crippen LogP contribution in [0.25, 0.3) is 21.9 Å². The van der Waals surface area contributed by atoms with Crippen LogP contribution in [0, 0.1) is 13.8 Å². The number of furan rings is 1. The highest BCUT2D eigenvalue weighted by atomic mass is 16.4. The van der Waals surface area contributed by atoms with Crippen molar-refractivity contribution >= 4 is 27.8 Å². The molecule has 1 saturated heterocycles. The van der Waals surface area contributed by atoms with E-state index in [1.165, 1.54) is 0 Å². The number of aryl methyl sites for hydroxylation is 2. The normalized spacial score (nSPS) is 14.8. The summed E-state index contributed by atoms with van der Waals surface area (Å²) in [6, 6.07) is 9.77. The largest absolute Gasteiger partial charge is 0.464 e. The van der Waals surface area contributed by atoms with Gasteiger partial charge in [0.1, 0.15) is 11.2 Å². The number of piperazine rings is 1. The van der Waals surface area contributed by atoms with Crippen LogP contribution in [0.15, 0.2) is 56.4 Å². The summed E-state index contributed by atoms with van der Waals surface area (Å²) in [6.45, 7) is 8.00. The quantitative estimate of drug-likeness (QED) is 0.407. The summed E-state index contributed by atoms with van der Waals surface area (Å²) in [5.74, 6) is 0.0874. The van der Waals surface area contributed by atoms with Crippen LogP contribution in [0.3, 0.4) is 0 Å². The molecule has 34 heavy (non-hydrogen) atoms. The molecule has 0 bridgehead atoms. The van der Waals surface area contributed by atoms with Crippen molar-refractivity contribution in [3.63, 3.8) is 0 Å². The van der Waals surface area contributed by atoms with E-state index in [0.717, 1.165) is 53.6 Å². The fourth-order valence-corrected chi connectivity index (χ4v) is 4.76. The second-order valence-electron chi connectivity index (χ2n) is 9.05. The summed E-state index contributed by atoms with van der Waals surface area (Å²) in [6.07, 6.45) is 5.12. The Balaban J connectivity index is 1.20. The van der Waals surface area contributed by atoms with Crippen molar-refractivity contribution in [1.29, 1.82) is 0 Å². The smallest absolute Gasteiger partial charge is 0.339 e. The second-order valence-corrected chi connectivity index (χ2v) is 9.05. The predicted octanol–water partition coefficient (Wildman–Crippen LogP) is 3.87. The van der Waals surface area contributed by atoms with E-state index in [2.05, 4.69) is 9.88 Å². The lowest BCUT2D eigenvalue weighted by atomic mass is 10.0. The summed E-state index contributed by atoms with van der Waals surface area (Å²) in [7, 11) is 0. The third-order valence-corrected chi connectivity index (χ3v) is 6.90. The van der Waals surface area contributed by atoms with E-state index in [0.29, 0.717) is 42.7 Å². The maximum Gasteiger partial charge on any atom is 0.339 e. The zero-order valence-electron chi connectivity index (χ0n) is 19.7. The SMILES string of the molecule is Cc1coc2cc3oc(=O)c(CCC(=O)N4CCN(CCc5ccccn5)CC4)c(C)c3cc12. The summed E-state index contributed by atoms with van der Waals surface area (Å²) in [5, 5.41) is 1.90. The third-order valence-electron chi connectivity index (χ3n) is 6.90. The topological polar surface area (TPSA) is 79.8 Å². The lowest BCUT2D eigenvalue weighted by Gasteiger charge is -2.34. The molecule has 0 aliphatic carbocycles. The van der Waals surface area contributed by atoms with E-state index in [4.69, 9.17) is 8.83 Å². The first kappa shape index (κ1) is 22.3. The molecule has 0 radical (unpaired) electrons. The Morgan fingerprint density at radius 3 is 2.62 bits per heavy atom. The average molecular weight is 460 g/mol. The van der Waals surface area contributed by atoms with Gasteiger partial charge >= 0.3 is 5.63 Å². The van der Waals surface area contributed by atoms with Crippen molar-refractivity contribution in [2.45, 2.75) is 33.1 Å². The molecule has 0 spiro atoms. The first-order valence-corrected chi connectivity index (χ1v) is 11.8. The molecule has 0 unspecified atom stereocenters. The van der Waals surface area contributed by atoms with E-state index in [1.54, 1.807) is 12.3 Å². The molecule has 0 atom stereocenters. The fourth-order valence-electron chi connectivity index (χ4n) is 4.76. The maximum absolute atomic E-state index is 12.9. The molecule has 1 aliphatic rings. The number of nitrogens with zero attached hydrogens (tertiary/aromatic N) is 3. The Kier molecular flexibility index (Phi) is 6.20. The minimum absolute atomic E-state index is 0.0874. The Hall–Kier alpha value is -3.45. The van der Waals surface area contributed by atoms with Gasteiger partial charge in [-0.2, -0.15) is 0 Å². The Morgan fingerprint density at radius 1 is 1.03 bits per heavy atom. The van der Waals surface area contributed by atoms with Gasteiger partial charge in [0.15, 0.2) is 0 Å². The van der Waals surface area contributed by atoms with Crippen LogP contribution in [0.1, 0.15) is 28.8 Å². The molecule has 176 valence electrons. The molecule has 1 amide bonds. The van der Waals surface area contributed by atoms with Crippen LogP contribution in [0.5, 0.6) is 0 Å². The number of carbonyl (C=O) groups excluding carboxylic acids is 1. The zero-order chi connectivity index (χ0) is 23.7. The molecular weight excluding hydrogens is 430 g/mol. The van der Waals surface area contributed by atoms with Gasteiger partial charge in [0.2, 0.25) is 5.91 Å². The number of amides is 1. The predicted molar refractivity (Wildman–Crippen MR) is 131 cm³/mol. The van der Waals surface area contributed by atoms with Crippen molar-refractivity contribution in [3.05, 3.63) is 75.6 Å². The molecule has 7 nitrogen and oxygen atoms in total. The highest BCUT2D eigenvalue weighted by Gasteiger charge is 2.22. The minimum Gasteiger partial charge on any atom is -0.464 e. The van der Waals surface area contributed by atoms with E-state index >= 15 is 0 Å².